The molecule has 4 aromatic rings. The number of hydrogen-bond acceptors (Lipinski definition) is 2. The number of hydrogen-bond donors (Lipinski definition) is 1. The standard InChI is InChI=1S/C25H20O2/c1-16-4-8-19(9-5-16)10-13-21-22-15-23(26)18(3)14-24(22)27-25(21)20-11-6-17(2)7-12-20/h4-9,11-12,14-15,26H,1-3H3. The molecule has 0 atom stereocenters. The van der Waals surface area contributed by atoms with Gasteiger partial charge in [0.1, 0.15) is 11.3 Å². The van der Waals surface area contributed by atoms with E-state index in [1.54, 1.807) is 6.07 Å². The first-order valence-corrected chi connectivity index (χ1v) is 8.93. The average Bonchev–Trinajstić information content (AvgIpc) is 3.00. The molecule has 0 amide bonds. The number of furan rings is 1. The summed E-state index contributed by atoms with van der Waals surface area (Å²) in [5.74, 6) is 7.49. The Morgan fingerprint density at radius 3 is 2.07 bits per heavy atom. The third-order valence-electron chi connectivity index (χ3n) is 4.70. The minimum Gasteiger partial charge on any atom is -0.508 e. The Morgan fingerprint density at radius 1 is 0.778 bits per heavy atom. The fourth-order valence-electron chi connectivity index (χ4n) is 3.04. The molecule has 4 rings (SSSR count). The van der Waals surface area contributed by atoms with Crippen LogP contribution in [-0.4, -0.2) is 5.11 Å². The van der Waals surface area contributed by atoms with Crippen molar-refractivity contribution in [2.75, 3.05) is 0 Å². The molecule has 0 unspecified atom stereocenters. The van der Waals surface area contributed by atoms with Crippen molar-refractivity contribution in [2.45, 2.75) is 20.8 Å². The van der Waals surface area contributed by atoms with Crippen LogP contribution >= 0.6 is 0 Å². The second kappa shape index (κ2) is 6.70. The number of benzene rings is 3. The molecule has 0 aliphatic heterocycles. The van der Waals surface area contributed by atoms with E-state index in [9.17, 15) is 5.11 Å². The normalized spacial score (nSPS) is 10.6. The number of aromatic hydroxyl groups is 1. The first kappa shape index (κ1) is 17.0. The van der Waals surface area contributed by atoms with Crippen molar-refractivity contribution in [1.82, 2.24) is 0 Å². The van der Waals surface area contributed by atoms with E-state index in [-0.39, 0.29) is 5.75 Å². The third kappa shape index (κ3) is 3.32. The molecular weight excluding hydrogens is 332 g/mol. The summed E-state index contributed by atoms with van der Waals surface area (Å²) < 4.78 is 6.15. The number of phenols is 1. The molecule has 0 saturated carbocycles. The molecule has 2 nitrogen and oxygen atoms in total. The fraction of sp³-hybridized carbons (Fsp3) is 0.120. The van der Waals surface area contributed by atoms with Gasteiger partial charge in [-0.25, -0.2) is 0 Å². The highest BCUT2D eigenvalue weighted by Crippen LogP contribution is 2.36. The van der Waals surface area contributed by atoms with Crippen LogP contribution in [0.25, 0.3) is 22.3 Å². The predicted molar refractivity (Wildman–Crippen MR) is 110 cm³/mol. The third-order valence-corrected chi connectivity index (χ3v) is 4.70. The number of fused-ring (bicyclic) bond motifs is 1. The van der Waals surface area contributed by atoms with Gasteiger partial charge in [0, 0.05) is 16.5 Å². The highest BCUT2D eigenvalue weighted by molar-refractivity contribution is 5.93. The van der Waals surface area contributed by atoms with Crippen molar-refractivity contribution in [1.29, 1.82) is 0 Å². The van der Waals surface area contributed by atoms with Gasteiger partial charge in [-0.1, -0.05) is 59.4 Å². The Labute approximate surface area is 159 Å². The van der Waals surface area contributed by atoms with E-state index < -0.39 is 0 Å². The first-order valence-electron chi connectivity index (χ1n) is 8.93. The van der Waals surface area contributed by atoms with Crippen LogP contribution in [0.2, 0.25) is 0 Å². The van der Waals surface area contributed by atoms with Crippen LogP contribution in [0.4, 0.5) is 0 Å². The lowest BCUT2D eigenvalue weighted by Gasteiger charge is -1.99. The zero-order valence-electron chi connectivity index (χ0n) is 15.6. The minimum absolute atomic E-state index is 0.247. The van der Waals surface area contributed by atoms with Crippen molar-refractivity contribution < 1.29 is 9.52 Å². The van der Waals surface area contributed by atoms with Crippen LogP contribution in [0.3, 0.4) is 0 Å². The highest BCUT2D eigenvalue weighted by atomic mass is 16.3. The molecule has 0 spiro atoms. The van der Waals surface area contributed by atoms with Crippen LogP contribution < -0.4 is 0 Å². The number of aryl methyl sites for hydroxylation is 3. The Bertz CT molecular complexity index is 1180. The SMILES string of the molecule is Cc1ccc(C#Cc2c(-c3ccc(C)cc3)oc3cc(C)c(O)cc23)cc1. The molecule has 0 radical (unpaired) electrons. The Kier molecular flexibility index (Phi) is 4.22. The molecule has 0 bridgehead atoms. The van der Waals surface area contributed by atoms with Crippen LogP contribution in [0.1, 0.15) is 27.8 Å². The summed E-state index contributed by atoms with van der Waals surface area (Å²) in [6, 6.07) is 19.9. The molecular formula is C25H20O2. The molecule has 132 valence electrons. The lowest BCUT2D eigenvalue weighted by atomic mass is 10.0. The first-order chi connectivity index (χ1) is 13.0. The van der Waals surface area contributed by atoms with Gasteiger partial charge in [-0.05, 0) is 50.6 Å². The minimum atomic E-state index is 0.247. The summed E-state index contributed by atoms with van der Waals surface area (Å²) >= 11 is 0. The van der Waals surface area contributed by atoms with E-state index in [2.05, 4.69) is 37.8 Å². The maximum Gasteiger partial charge on any atom is 0.151 e. The smallest absolute Gasteiger partial charge is 0.151 e. The lowest BCUT2D eigenvalue weighted by Crippen LogP contribution is -1.82. The molecule has 27 heavy (non-hydrogen) atoms. The molecule has 0 aliphatic rings. The Balaban J connectivity index is 1.93. The van der Waals surface area contributed by atoms with Gasteiger partial charge in [-0.3, -0.25) is 0 Å². The van der Waals surface area contributed by atoms with Gasteiger partial charge < -0.3 is 9.52 Å². The van der Waals surface area contributed by atoms with E-state index in [1.165, 1.54) is 11.1 Å². The second-order valence-corrected chi connectivity index (χ2v) is 6.92. The maximum atomic E-state index is 10.2. The molecule has 1 aromatic heterocycles. The summed E-state index contributed by atoms with van der Waals surface area (Å²) in [6.07, 6.45) is 0. The highest BCUT2D eigenvalue weighted by Gasteiger charge is 2.16. The molecule has 0 fully saturated rings. The summed E-state index contributed by atoms with van der Waals surface area (Å²) in [5.41, 5.74) is 6.62. The summed E-state index contributed by atoms with van der Waals surface area (Å²) in [7, 11) is 0. The summed E-state index contributed by atoms with van der Waals surface area (Å²) in [4.78, 5) is 0. The topological polar surface area (TPSA) is 33.4 Å². The Morgan fingerprint density at radius 2 is 1.41 bits per heavy atom. The van der Waals surface area contributed by atoms with Crippen LogP contribution in [0.15, 0.2) is 65.1 Å². The lowest BCUT2D eigenvalue weighted by molar-refractivity contribution is 0.471. The average molecular weight is 352 g/mol. The summed E-state index contributed by atoms with van der Waals surface area (Å²) in [6.45, 7) is 5.98. The zero-order valence-corrected chi connectivity index (χ0v) is 15.6. The molecule has 1 N–H and O–H groups in total. The van der Waals surface area contributed by atoms with E-state index in [0.29, 0.717) is 0 Å². The van der Waals surface area contributed by atoms with Gasteiger partial charge in [0.2, 0.25) is 0 Å². The predicted octanol–water partition coefficient (Wildman–Crippen LogP) is 6.13. The molecule has 0 saturated heterocycles. The van der Waals surface area contributed by atoms with E-state index in [4.69, 9.17) is 4.42 Å². The molecule has 2 heteroatoms. The second-order valence-electron chi connectivity index (χ2n) is 6.92. The quantitative estimate of drug-likeness (QED) is 0.418. The van der Waals surface area contributed by atoms with E-state index >= 15 is 0 Å². The maximum absolute atomic E-state index is 10.2. The van der Waals surface area contributed by atoms with Crippen molar-refractivity contribution in [3.63, 3.8) is 0 Å². The molecule has 1 heterocycles. The van der Waals surface area contributed by atoms with Gasteiger partial charge in [-0.15, -0.1) is 0 Å². The van der Waals surface area contributed by atoms with Gasteiger partial charge in [-0.2, -0.15) is 0 Å². The van der Waals surface area contributed by atoms with Crippen molar-refractivity contribution in [3.05, 3.63) is 88.5 Å². The van der Waals surface area contributed by atoms with Gasteiger partial charge in [0.05, 0.1) is 5.56 Å². The Hall–Kier alpha value is -3.44. The monoisotopic (exact) mass is 352 g/mol. The van der Waals surface area contributed by atoms with E-state index in [1.807, 2.05) is 49.4 Å². The fourth-order valence-corrected chi connectivity index (χ4v) is 3.04. The largest absolute Gasteiger partial charge is 0.508 e. The molecule has 3 aromatic carbocycles. The zero-order chi connectivity index (χ0) is 19.0. The van der Waals surface area contributed by atoms with Crippen LogP contribution in [0, 0.1) is 32.6 Å². The van der Waals surface area contributed by atoms with Crippen LogP contribution in [0.5, 0.6) is 5.75 Å². The van der Waals surface area contributed by atoms with E-state index in [0.717, 1.165) is 39.0 Å². The molecule has 0 aliphatic carbocycles. The van der Waals surface area contributed by atoms with Crippen molar-refractivity contribution >= 4 is 11.0 Å². The van der Waals surface area contributed by atoms with Crippen molar-refractivity contribution in [2.24, 2.45) is 0 Å². The van der Waals surface area contributed by atoms with Crippen molar-refractivity contribution in [3.8, 4) is 28.9 Å². The van der Waals surface area contributed by atoms with Gasteiger partial charge in [0.25, 0.3) is 0 Å². The number of rotatable bonds is 1. The number of phenolic OH excluding ortho intramolecular Hbond substituents is 1. The summed E-state index contributed by atoms with van der Waals surface area (Å²) in [5, 5.41) is 11.0. The van der Waals surface area contributed by atoms with Gasteiger partial charge >= 0.3 is 0 Å². The van der Waals surface area contributed by atoms with Crippen LogP contribution in [-0.2, 0) is 0 Å². The van der Waals surface area contributed by atoms with Gasteiger partial charge in [0.15, 0.2) is 5.76 Å².